The van der Waals surface area contributed by atoms with E-state index in [-0.39, 0.29) is 0 Å². The third-order valence-corrected chi connectivity index (χ3v) is 40.6. The summed E-state index contributed by atoms with van der Waals surface area (Å²) < 4.78 is 1.78. The third kappa shape index (κ3) is 4.65. The molecule has 0 amide bonds. The van der Waals surface area contributed by atoms with Gasteiger partial charge < -0.3 is 0 Å². The maximum absolute atomic E-state index is 13.6. The van der Waals surface area contributed by atoms with Gasteiger partial charge in [0.15, 0.2) is 0 Å². The number of hydrogen-bond acceptors (Lipinski definition) is 2. The molecule has 144 valence electrons. The van der Waals surface area contributed by atoms with Crippen LogP contribution < -0.4 is 0 Å². The molecule has 2 aromatic carbocycles. The number of rotatable bonds is 10. The van der Waals surface area contributed by atoms with Crippen LogP contribution in [0.25, 0.3) is 0 Å². The normalized spacial score (nSPS) is 12.0. The Morgan fingerprint density at radius 3 is 1.15 bits per heavy atom. The van der Waals surface area contributed by atoms with Gasteiger partial charge in [-0.25, -0.2) is 0 Å². The first kappa shape index (κ1) is 22.2. The second-order valence-electron chi connectivity index (χ2n) is 7.54. The molecule has 2 aromatic rings. The van der Waals surface area contributed by atoms with Crippen molar-refractivity contribution in [1.82, 2.24) is 0 Å². The molecule has 0 unspecified atom stereocenters. The summed E-state index contributed by atoms with van der Waals surface area (Å²) in [6, 6.07) is 19.6. The van der Waals surface area contributed by atoms with Crippen LogP contribution in [0.4, 0.5) is 0 Å². The molecular formula is C23H32Ge2O2. The van der Waals surface area contributed by atoms with Gasteiger partial charge in [-0.05, 0) is 0 Å². The summed E-state index contributed by atoms with van der Waals surface area (Å²) in [7, 11) is 0. The van der Waals surface area contributed by atoms with Gasteiger partial charge in [-0.3, -0.25) is 0 Å². The van der Waals surface area contributed by atoms with Gasteiger partial charge in [0.05, 0.1) is 0 Å². The van der Waals surface area contributed by atoms with E-state index in [9.17, 15) is 9.59 Å². The van der Waals surface area contributed by atoms with Crippen LogP contribution in [-0.2, 0) is 0 Å². The molecular weight excluding hydrogens is 453 g/mol. The fourth-order valence-electron chi connectivity index (χ4n) is 4.24. The summed E-state index contributed by atoms with van der Waals surface area (Å²) in [4.78, 5) is 27.2. The van der Waals surface area contributed by atoms with Crippen molar-refractivity contribution in [2.75, 3.05) is 0 Å². The van der Waals surface area contributed by atoms with Gasteiger partial charge in [-0.2, -0.15) is 0 Å². The number of carbonyl (C=O) groups is 2. The van der Waals surface area contributed by atoms with Crippen molar-refractivity contribution < 1.29 is 9.59 Å². The zero-order valence-corrected chi connectivity index (χ0v) is 21.3. The first-order valence-electron chi connectivity index (χ1n) is 10.2. The second-order valence-corrected chi connectivity index (χ2v) is 30.7. The number of carbonyl (C=O) groups excluding carboxylic acids is 2. The topological polar surface area (TPSA) is 34.1 Å². The van der Waals surface area contributed by atoms with Crippen molar-refractivity contribution in [3.63, 3.8) is 0 Å². The average Bonchev–Trinajstić information content (AvgIpc) is 2.76. The van der Waals surface area contributed by atoms with Crippen LogP contribution in [0.2, 0.25) is 25.1 Å². The Balaban J connectivity index is 2.46. The first-order valence-corrected chi connectivity index (χ1v) is 21.2. The van der Waals surface area contributed by atoms with Gasteiger partial charge >= 0.3 is 170 Å². The Morgan fingerprint density at radius 1 is 0.593 bits per heavy atom. The quantitative estimate of drug-likeness (QED) is 0.368. The summed E-state index contributed by atoms with van der Waals surface area (Å²) >= 11 is -5.74. The van der Waals surface area contributed by atoms with Crippen molar-refractivity contribution in [3.05, 3.63) is 71.8 Å². The van der Waals surface area contributed by atoms with E-state index in [1.54, 1.807) is 0 Å². The van der Waals surface area contributed by atoms with Crippen LogP contribution in [0.15, 0.2) is 60.7 Å². The Morgan fingerprint density at radius 2 is 0.889 bits per heavy atom. The van der Waals surface area contributed by atoms with Crippen LogP contribution in [0.5, 0.6) is 0 Å². The van der Waals surface area contributed by atoms with Gasteiger partial charge in [0.1, 0.15) is 0 Å². The van der Waals surface area contributed by atoms with Gasteiger partial charge in [-0.1, -0.05) is 0 Å². The number of benzene rings is 2. The summed E-state index contributed by atoms with van der Waals surface area (Å²) in [6.45, 7) is 8.76. The van der Waals surface area contributed by atoms with Gasteiger partial charge in [-0.15, -0.1) is 0 Å². The minimum atomic E-state index is -2.87. The monoisotopic (exact) mass is 488 g/mol. The molecule has 0 N–H and O–H groups in total. The fraction of sp³-hybridized carbons (Fsp3) is 0.391. The van der Waals surface area contributed by atoms with Crippen molar-refractivity contribution in [2.24, 2.45) is 0 Å². The Kier molecular flexibility index (Phi) is 8.11. The molecule has 2 rings (SSSR count). The van der Waals surface area contributed by atoms with Crippen molar-refractivity contribution in [2.45, 2.75) is 52.8 Å². The summed E-state index contributed by atoms with van der Waals surface area (Å²) in [5, 5.41) is 3.89. The van der Waals surface area contributed by atoms with Gasteiger partial charge in [0, 0.05) is 0 Å². The van der Waals surface area contributed by atoms with Gasteiger partial charge in [0.25, 0.3) is 0 Å². The third-order valence-electron chi connectivity index (χ3n) is 6.42. The van der Waals surface area contributed by atoms with Crippen molar-refractivity contribution >= 4 is 35.8 Å². The summed E-state index contributed by atoms with van der Waals surface area (Å²) in [5.74, 6) is 0. The zero-order chi connectivity index (χ0) is 19.9. The predicted molar refractivity (Wildman–Crippen MR) is 120 cm³/mol. The number of hydrogen-bond donors (Lipinski definition) is 0. The van der Waals surface area contributed by atoms with Crippen LogP contribution in [0.3, 0.4) is 0 Å². The SMILES string of the molecule is C[CH2][Ge]([CH2]C)([CH2][Ge]([CH2]C)([CH2]C)[C](=O)c1ccccc1)[C](=O)c1ccccc1. The second kappa shape index (κ2) is 9.88. The molecule has 4 heteroatoms. The Hall–Kier alpha value is -1.13. The van der Waals surface area contributed by atoms with E-state index in [4.69, 9.17) is 0 Å². The molecule has 0 saturated heterocycles. The van der Waals surface area contributed by atoms with E-state index in [2.05, 4.69) is 27.7 Å². The molecule has 0 atom stereocenters. The van der Waals surface area contributed by atoms with E-state index in [1.165, 1.54) is 0 Å². The van der Waals surface area contributed by atoms with Crippen LogP contribution in [0, 0.1) is 0 Å². The standard InChI is InChI=1S/C23H32Ge2O2/c1-5-24(6-2,22(26)20-15-11-9-12-16-20)19-25(7-3,8-4)23(27)21-17-13-10-14-18-21/h9-18H,5-8,19H2,1-4H3. The minimum absolute atomic E-state index is 0.401. The fourth-order valence-corrected chi connectivity index (χ4v) is 46.3. The molecule has 0 radical (unpaired) electrons. The van der Waals surface area contributed by atoms with Gasteiger partial charge in [0.2, 0.25) is 0 Å². The average molecular weight is 486 g/mol. The van der Waals surface area contributed by atoms with Crippen LogP contribution in [-0.4, -0.2) is 35.8 Å². The molecule has 27 heavy (non-hydrogen) atoms. The van der Waals surface area contributed by atoms with E-state index in [0.717, 1.165) is 36.2 Å². The maximum atomic E-state index is 13.6. The molecule has 0 aromatic heterocycles. The molecule has 2 nitrogen and oxygen atoms in total. The summed E-state index contributed by atoms with van der Waals surface area (Å²) in [6.07, 6.45) is 0. The summed E-state index contributed by atoms with van der Waals surface area (Å²) in [5.41, 5.74) is 1.72. The molecule has 0 saturated carbocycles. The van der Waals surface area contributed by atoms with E-state index in [1.807, 2.05) is 60.7 Å². The molecule has 0 aliphatic heterocycles. The molecule has 0 fully saturated rings. The Labute approximate surface area is 169 Å². The molecule has 0 aliphatic rings. The molecule has 0 heterocycles. The molecule has 0 aliphatic carbocycles. The van der Waals surface area contributed by atoms with Crippen molar-refractivity contribution in [3.8, 4) is 0 Å². The predicted octanol–water partition coefficient (Wildman–Crippen LogP) is 6.35. The van der Waals surface area contributed by atoms with E-state index in [0.29, 0.717) is 9.23 Å². The van der Waals surface area contributed by atoms with Crippen LogP contribution in [0.1, 0.15) is 48.4 Å². The molecule has 0 bridgehead atoms. The Bertz CT molecular complexity index is 683. The van der Waals surface area contributed by atoms with E-state index >= 15 is 0 Å². The first-order chi connectivity index (χ1) is 13.0. The molecule has 0 spiro atoms. The van der Waals surface area contributed by atoms with Crippen molar-refractivity contribution in [1.29, 1.82) is 0 Å². The van der Waals surface area contributed by atoms with Crippen LogP contribution >= 0.6 is 0 Å². The van der Waals surface area contributed by atoms with E-state index < -0.39 is 26.5 Å². The zero-order valence-electron chi connectivity index (χ0n) is 17.1.